The molecule has 2 amide bonds. The van der Waals surface area contributed by atoms with E-state index in [1.807, 2.05) is 16.9 Å². The highest BCUT2D eigenvalue weighted by atomic mass is 35.5. The van der Waals surface area contributed by atoms with E-state index < -0.39 is 22.8 Å². The normalized spacial score (nSPS) is 18.3. The predicted octanol–water partition coefficient (Wildman–Crippen LogP) is 5.55. The van der Waals surface area contributed by atoms with E-state index in [2.05, 4.69) is 10.4 Å². The fourth-order valence-corrected chi connectivity index (χ4v) is 6.36. The number of halogens is 2. The van der Waals surface area contributed by atoms with Crippen molar-refractivity contribution in [3.05, 3.63) is 105 Å². The molecule has 7 rings (SSSR count). The Morgan fingerprint density at radius 2 is 1.91 bits per heavy atom. The third-order valence-electron chi connectivity index (χ3n) is 9.00. The Hall–Kier alpha value is -4.64. The molecule has 1 saturated carbocycles. The highest BCUT2D eigenvalue weighted by molar-refractivity contribution is 6.43. The van der Waals surface area contributed by atoms with Crippen LogP contribution < -0.4 is 20.5 Å². The lowest BCUT2D eigenvalue weighted by Crippen LogP contribution is -2.43. The number of nitrogens with zero attached hydrogens (tertiary/aromatic N) is 3. The van der Waals surface area contributed by atoms with E-state index in [0.29, 0.717) is 50.3 Å². The van der Waals surface area contributed by atoms with Crippen molar-refractivity contribution >= 4 is 45.9 Å². The summed E-state index contributed by atoms with van der Waals surface area (Å²) in [5.41, 5.74) is 5.54. The number of nitrogens with one attached hydrogen (secondary N) is 1. The highest BCUT2D eigenvalue weighted by Crippen LogP contribution is 2.48. The van der Waals surface area contributed by atoms with Crippen molar-refractivity contribution in [1.82, 2.24) is 20.1 Å². The van der Waals surface area contributed by atoms with E-state index in [9.17, 15) is 14.7 Å². The zero-order chi connectivity index (χ0) is 33.1. The van der Waals surface area contributed by atoms with Gasteiger partial charge < -0.3 is 25.6 Å². The number of amides is 2. The van der Waals surface area contributed by atoms with Crippen LogP contribution in [0.3, 0.4) is 0 Å². The molecule has 2 atom stereocenters. The van der Waals surface area contributed by atoms with Crippen LogP contribution in [0.5, 0.6) is 11.5 Å². The summed E-state index contributed by atoms with van der Waals surface area (Å²) in [6.07, 6.45) is 4.05. The van der Waals surface area contributed by atoms with Gasteiger partial charge in [-0.05, 0) is 49.6 Å². The topological polar surface area (TPSA) is 142 Å². The first-order valence-corrected chi connectivity index (χ1v) is 15.8. The second kappa shape index (κ2) is 11.6. The van der Waals surface area contributed by atoms with Gasteiger partial charge in [0.1, 0.15) is 40.3 Å². The summed E-state index contributed by atoms with van der Waals surface area (Å²) in [5, 5.41) is 21.5. The van der Waals surface area contributed by atoms with Gasteiger partial charge in [0.25, 0.3) is 5.91 Å². The van der Waals surface area contributed by atoms with Gasteiger partial charge >= 0.3 is 0 Å². The number of carbonyl (C=O) groups is 2. The second-order valence-electron chi connectivity index (χ2n) is 12.2. The largest absolute Gasteiger partial charge is 0.494 e. The number of primary amides is 1. The number of hydrogen-bond acceptors (Lipinski definition) is 7. The Kier molecular flexibility index (Phi) is 7.62. The van der Waals surface area contributed by atoms with Gasteiger partial charge in [0.2, 0.25) is 5.91 Å². The van der Waals surface area contributed by atoms with Crippen LogP contribution in [0.2, 0.25) is 10.0 Å². The average Bonchev–Trinajstić information content (AvgIpc) is 3.75. The van der Waals surface area contributed by atoms with Gasteiger partial charge in [0.05, 0.1) is 35.4 Å². The number of methoxy groups -OCH3 is 1. The Morgan fingerprint density at radius 1 is 1.15 bits per heavy atom. The van der Waals surface area contributed by atoms with Crippen LogP contribution in [0.25, 0.3) is 22.2 Å². The monoisotopic (exact) mass is 671 g/mol. The first kappa shape index (κ1) is 31.0. The highest BCUT2D eigenvalue weighted by Gasteiger charge is 2.46. The molecule has 12 heteroatoms. The maximum absolute atomic E-state index is 13.7. The van der Waals surface area contributed by atoms with Crippen molar-refractivity contribution < 1.29 is 24.2 Å². The molecule has 3 heterocycles. The first-order valence-electron chi connectivity index (χ1n) is 15.1. The molecule has 1 fully saturated rings. The summed E-state index contributed by atoms with van der Waals surface area (Å²) in [6.45, 7) is 1.36. The molecule has 0 unspecified atom stereocenters. The van der Waals surface area contributed by atoms with Crippen LogP contribution in [0.1, 0.15) is 53.0 Å². The van der Waals surface area contributed by atoms with E-state index >= 15 is 0 Å². The lowest BCUT2D eigenvalue weighted by molar-refractivity contribution is -0.123. The van der Waals surface area contributed by atoms with Crippen molar-refractivity contribution in [3.8, 4) is 22.8 Å². The van der Waals surface area contributed by atoms with E-state index in [1.165, 1.54) is 7.11 Å². The summed E-state index contributed by atoms with van der Waals surface area (Å²) in [5.74, 6) is -0.268. The minimum Gasteiger partial charge on any atom is -0.494 e. The number of nitrogens with two attached hydrogens (primary N) is 1. The fraction of sp³-hybridized carbons (Fsp3) is 0.257. The van der Waals surface area contributed by atoms with Crippen LogP contribution in [0.4, 0.5) is 0 Å². The third-order valence-corrected chi connectivity index (χ3v) is 9.82. The number of benzene rings is 3. The van der Waals surface area contributed by atoms with E-state index in [-0.39, 0.29) is 29.6 Å². The van der Waals surface area contributed by atoms with Crippen molar-refractivity contribution in [2.24, 2.45) is 5.73 Å². The number of pyridine rings is 1. The average molecular weight is 673 g/mol. The standard InChI is InChI=1S/C35H31Cl2N5O5/c1-34(33(38)44)18-47-31-24(34)15-27(40-30(31)23-9-6-10-25(36)28(23)37)35(45,21-7-4-3-5-8-21)17-39-32(43)19-13-20-16-42(22-11-12-22)41-29(20)26(14-19)46-2/h3-10,13-16,22,45H,11-12,17-18H2,1-2H3,(H2,38,44)(H,39,43)/t34-,35+/m0/s1. The zero-order valence-corrected chi connectivity index (χ0v) is 27.1. The Balaban J connectivity index is 1.33. The van der Waals surface area contributed by atoms with Crippen LogP contribution in [-0.2, 0) is 15.8 Å². The minimum atomic E-state index is -1.88. The maximum atomic E-state index is 13.7. The maximum Gasteiger partial charge on any atom is 0.251 e. The molecule has 4 N–H and O–H groups in total. The third kappa shape index (κ3) is 5.26. The number of carbonyl (C=O) groups excluding carboxylic acids is 2. The smallest absolute Gasteiger partial charge is 0.251 e. The molecule has 1 aliphatic heterocycles. The fourth-order valence-electron chi connectivity index (χ4n) is 5.97. The van der Waals surface area contributed by atoms with Crippen molar-refractivity contribution in [2.45, 2.75) is 36.8 Å². The van der Waals surface area contributed by atoms with Crippen molar-refractivity contribution in [3.63, 3.8) is 0 Å². The minimum absolute atomic E-state index is 0.0316. The van der Waals surface area contributed by atoms with Crippen LogP contribution >= 0.6 is 23.2 Å². The van der Waals surface area contributed by atoms with Gasteiger partial charge in [-0.1, -0.05) is 65.7 Å². The van der Waals surface area contributed by atoms with E-state index in [4.69, 9.17) is 43.4 Å². The SMILES string of the molecule is COc1cc(C(=O)NC[C@@](O)(c2ccccc2)c2cc3c(c(-c4cccc(Cl)c4Cl)n2)OC[C@]3(C)C(N)=O)cc2cn(C3CC3)nc12. The molecule has 2 aliphatic rings. The summed E-state index contributed by atoms with van der Waals surface area (Å²) in [6, 6.07) is 19.3. The number of fused-ring (bicyclic) bond motifs is 2. The molecule has 240 valence electrons. The van der Waals surface area contributed by atoms with Crippen LogP contribution in [0, 0.1) is 0 Å². The van der Waals surface area contributed by atoms with Gasteiger partial charge in [0, 0.05) is 28.3 Å². The lowest BCUT2D eigenvalue weighted by atomic mass is 9.80. The quantitative estimate of drug-likeness (QED) is 0.187. The number of aromatic nitrogens is 3. The van der Waals surface area contributed by atoms with Crippen molar-refractivity contribution in [1.29, 1.82) is 0 Å². The molecular weight excluding hydrogens is 641 g/mol. The zero-order valence-electron chi connectivity index (χ0n) is 25.6. The van der Waals surface area contributed by atoms with Gasteiger partial charge in [0.15, 0.2) is 0 Å². The van der Waals surface area contributed by atoms with Gasteiger partial charge in [-0.15, -0.1) is 0 Å². The lowest BCUT2D eigenvalue weighted by Gasteiger charge is -2.30. The Labute approximate surface area is 280 Å². The molecule has 0 bridgehead atoms. The number of hydrogen-bond donors (Lipinski definition) is 3. The summed E-state index contributed by atoms with van der Waals surface area (Å²) in [4.78, 5) is 31.4. The molecule has 0 spiro atoms. The van der Waals surface area contributed by atoms with Crippen molar-refractivity contribution in [2.75, 3.05) is 20.3 Å². The second-order valence-corrected chi connectivity index (χ2v) is 13.0. The molecular formula is C35H31Cl2N5O5. The molecule has 1 aliphatic carbocycles. The van der Waals surface area contributed by atoms with Gasteiger partial charge in [-0.3, -0.25) is 14.3 Å². The molecule has 0 saturated heterocycles. The molecule has 2 aromatic heterocycles. The molecule has 5 aromatic rings. The number of ether oxygens (including phenoxy) is 2. The van der Waals surface area contributed by atoms with E-state index in [1.54, 1.807) is 67.6 Å². The van der Waals surface area contributed by atoms with Crippen LogP contribution in [0.15, 0.2) is 72.9 Å². The predicted molar refractivity (Wildman–Crippen MR) is 178 cm³/mol. The molecule has 0 radical (unpaired) electrons. The Bertz CT molecular complexity index is 2070. The molecule has 3 aromatic carbocycles. The first-order chi connectivity index (χ1) is 22.5. The van der Waals surface area contributed by atoms with Crippen LogP contribution in [-0.4, -0.2) is 51.9 Å². The van der Waals surface area contributed by atoms with E-state index in [0.717, 1.165) is 18.2 Å². The summed E-state index contributed by atoms with van der Waals surface area (Å²) in [7, 11) is 1.54. The summed E-state index contributed by atoms with van der Waals surface area (Å²) >= 11 is 13.0. The summed E-state index contributed by atoms with van der Waals surface area (Å²) < 4.78 is 13.5. The molecule has 10 nitrogen and oxygen atoms in total. The molecule has 47 heavy (non-hydrogen) atoms. The number of rotatable bonds is 9. The van der Waals surface area contributed by atoms with Gasteiger partial charge in [-0.2, -0.15) is 5.10 Å². The Morgan fingerprint density at radius 3 is 2.62 bits per heavy atom. The van der Waals surface area contributed by atoms with Gasteiger partial charge in [-0.25, -0.2) is 4.98 Å². The number of aliphatic hydroxyl groups is 1.